The molecule has 7 nitrogen and oxygen atoms in total. The van der Waals surface area contributed by atoms with Crippen molar-refractivity contribution in [3.05, 3.63) is 58.7 Å². The SMILES string of the molecule is CNS(=O)(=O)c1cc(C(=O)NCc2ccc3c(c2)CNC3)ccc1OC. The van der Waals surface area contributed by atoms with Gasteiger partial charge in [0, 0.05) is 25.2 Å². The molecule has 8 heteroatoms. The summed E-state index contributed by atoms with van der Waals surface area (Å²) in [5.74, 6) is -0.166. The predicted octanol–water partition coefficient (Wildman–Crippen LogP) is 1.14. The molecule has 0 spiro atoms. The van der Waals surface area contributed by atoms with Gasteiger partial charge in [-0.15, -0.1) is 0 Å². The third-order valence-corrected chi connectivity index (χ3v) is 5.77. The molecule has 138 valence electrons. The molecule has 0 saturated heterocycles. The first-order valence-corrected chi connectivity index (χ1v) is 9.64. The molecule has 1 aliphatic rings. The molecule has 0 atom stereocenters. The summed E-state index contributed by atoms with van der Waals surface area (Å²) in [5, 5.41) is 6.11. The minimum absolute atomic E-state index is 0.0706. The van der Waals surface area contributed by atoms with Gasteiger partial charge in [-0.3, -0.25) is 4.79 Å². The van der Waals surface area contributed by atoms with Crippen molar-refractivity contribution in [1.29, 1.82) is 0 Å². The standard InChI is InChI=1S/C18H21N3O4S/c1-19-26(23,24)17-8-13(5-6-16(17)25-2)18(22)21-9-12-3-4-14-10-20-11-15(14)7-12/h3-8,19-20H,9-11H2,1-2H3,(H,21,22). The smallest absolute Gasteiger partial charge is 0.251 e. The number of carbonyl (C=O) groups is 1. The molecule has 0 bridgehead atoms. The lowest BCUT2D eigenvalue weighted by Gasteiger charge is -2.11. The first-order chi connectivity index (χ1) is 12.4. The maximum Gasteiger partial charge on any atom is 0.251 e. The molecule has 3 N–H and O–H groups in total. The molecule has 0 unspecified atom stereocenters. The second kappa shape index (κ2) is 7.45. The maximum atomic E-state index is 12.4. The fourth-order valence-electron chi connectivity index (χ4n) is 2.88. The normalized spacial score (nSPS) is 13.3. The Labute approximate surface area is 152 Å². The van der Waals surface area contributed by atoms with Crippen LogP contribution in [0.5, 0.6) is 5.75 Å². The second-order valence-corrected chi connectivity index (χ2v) is 7.82. The Kier molecular flexibility index (Phi) is 5.26. The molecule has 0 radical (unpaired) electrons. The summed E-state index contributed by atoms with van der Waals surface area (Å²) < 4.78 is 31.5. The predicted molar refractivity (Wildman–Crippen MR) is 97.4 cm³/mol. The van der Waals surface area contributed by atoms with Gasteiger partial charge in [0.05, 0.1) is 7.11 Å². The van der Waals surface area contributed by atoms with E-state index in [1.165, 1.54) is 43.5 Å². The Hall–Kier alpha value is -2.42. The van der Waals surface area contributed by atoms with Gasteiger partial charge in [0.1, 0.15) is 10.6 Å². The number of fused-ring (bicyclic) bond motifs is 1. The molecule has 1 aliphatic heterocycles. The number of nitrogens with one attached hydrogen (secondary N) is 3. The zero-order chi connectivity index (χ0) is 18.7. The van der Waals surface area contributed by atoms with Crippen molar-refractivity contribution in [3.8, 4) is 5.75 Å². The van der Waals surface area contributed by atoms with Crippen molar-refractivity contribution < 1.29 is 17.9 Å². The number of hydrogen-bond acceptors (Lipinski definition) is 5. The quantitative estimate of drug-likeness (QED) is 0.704. The van der Waals surface area contributed by atoms with Crippen molar-refractivity contribution in [2.75, 3.05) is 14.2 Å². The number of rotatable bonds is 6. The molecule has 2 aromatic carbocycles. The highest BCUT2D eigenvalue weighted by Gasteiger charge is 2.20. The maximum absolute atomic E-state index is 12.4. The molecule has 0 fully saturated rings. The van der Waals surface area contributed by atoms with Gasteiger partial charge in [-0.2, -0.15) is 0 Å². The van der Waals surface area contributed by atoms with E-state index in [-0.39, 0.29) is 22.1 Å². The summed E-state index contributed by atoms with van der Waals surface area (Å²) >= 11 is 0. The Morgan fingerprint density at radius 1 is 1.15 bits per heavy atom. The lowest BCUT2D eigenvalue weighted by atomic mass is 10.1. The number of sulfonamides is 1. The summed E-state index contributed by atoms with van der Waals surface area (Å²) in [6.45, 7) is 2.07. The Bertz CT molecular complexity index is 941. The molecule has 1 amide bonds. The molecule has 26 heavy (non-hydrogen) atoms. The van der Waals surface area contributed by atoms with Crippen LogP contribution in [0.25, 0.3) is 0 Å². The van der Waals surface area contributed by atoms with Gasteiger partial charge in [-0.1, -0.05) is 18.2 Å². The van der Waals surface area contributed by atoms with Crippen LogP contribution in [0.15, 0.2) is 41.3 Å². The number of benzene rings is 2. The van der Waals surface area contributed by atoms with Crippen molar-refractivity contribution in [3.63, 3.8) is 0 Å². The van der Waals surface area contributed by atoms with Crippen molar-refractivity contribution in [2.24, 2.45) is 0 Å². The van der Waals surface area contributed by atoms with Crippen LogP contribution in [0.4, 0.5) is 0 Å². The van der Waals surface area contributed by atoms with Crippen LogP contribution in [0.3, 0.4) is 0 Å². The third-order valence-electron chi connectivity index (χ3n) is 4.34. The molecule has 1 heterocycles. The summed E-state index contributed by atoms with van der Waals surface area (Å²) in [7, 11) is -1.04. The first kappa shape index (κ1) is 18.4. The van der Waals surface area contributed by atoms with E-state index in [2.05, 4.69) is 27.5 Å². The van der Waals surface area contributed by atoms with Crippen molar-refractivity contribution >= 4 is 15.9 Å². The first-order valence-electron chi connectivity index (χ1n) is 8.16. The van der Waals surface area contributed by atoms with Crippen LogP contribution >= 0.6 is 0 Å². The number of hydrogen-bond donors (Lipinski definition) is 3. The Morgan fingerprint density at radius 2 is 1.92 bits per heavy atom. The van der Waals surface area contributed by atoms with E-state index < -0.39 is 10.0 Å². The van der Waals surface area contributed by atoms with E-state index in [1.54, 1.807) is 0 Å². The lowest BCUT2D eigenvalue weighted by Crippen LogP contribution is -2.24. The monoisotopic (exact) mass is 375 g/mol. The average molecular weight is 375 g/mol. The van der Waals surface area contributed by atoms with E-state index in [4.69, 9.17) is 4.74 Å². The van der Waals surface area contributed by atoms with Gasteiger partial charge in [0.25, 0.3) is 5.91 Å². The van der Waals surface area contributed by atoms with Crippen molar-refractivity contribution in [1.82, 2.24) is 15.4 Å². The summed E-state index contributed by atoms with van der Waals surface area (Å²) in [4.78, 5) is 12.4. The van der Waals surface area contributed by atoms with Crippen LogP contribution in [-0.4, -0.2) is 28.5 Å². The number of amides is 1. The van der Waals surface area contributed by atoms with Crippen LogP contribution < -0.4 is 20.1 Å². The zero-order valence-corrected chi connectivity index (χ0v) is 15.4. The van der Waals surface area contributed by atoms with Gasteiger partial charge in [0.2, 0.25) is 10.0 Å². The number of ether oxygens (including phenoxy) is 1. The highest BCUT2D eigenvalue weighted by Crippen LogP contribution is 2.24. The molecular formula is C18H21N3O4S. The Morgan fingerprint density at radius 3 is 2.65 bits per heavy atom. The van der Waals surface area contributed by atoms with Crippen LogP contribution in [0, 0.1) is 0 Å². The lowest BCUT2D eigenvalue weighted by molar-refractivity contribution is 0.0950. The average Bonchev–Trinajstić information content (AvgIpc) is 3.13. The fraction of sp³-hybridized carbons (Fsp3) is 0.278. The van der Waals surface area contributed by atoms with Gasteiger partial charge in [0.15, 0.2) is 0 Å². The zero-order valence-electron chi connectivity index (χ0n) is 14.6. The van der Waals surface area contributed by atoms with Gasteiger partial charge in [-0.25, -0.2) is 13.1 Å². The molecule has 0 aromatic heterocycles. The van der Waals surface area contributed by atoms with E-state index in [9.17, 15) is 13.2 Å². The van der Waals surface area contributed by atoms with E-state index >= 15 is 0 Å². The number of methoxy groups -OCH3 is 1. The van der Waals surface area contributed by atoms with Gasteiger partial charge < -0.3 is 15.4 Å². The molecule has 3 rings (SSSR count). The molecule has 0 aliphatic carbocycles. The highest BCUT2D eigenvalue weighted by molar-refractivity contribution is 7.89. The van der Waals surface area contributed by atoms with Gasteiger partial charge >= 0.3 is 0 Å². The van der Waals surface area contributed by atoms with Crippen LogP contribution in [0.1, 0.15) is 27.0 Å². The van der Waals surface area contributed by atoms with E-state index in [1.807, 2.05) is 6.07 Å². The summed E-state index contributed by atoms with van der Waals surface area (Å²) in [6.07, 6.45) is 0. The molecular weight excluding hydrogens is 354 g/mol. The topological polar surface area (TPSA) is 96.5 Å². The summed E-state index contributed by atoms with van der Waals surface area (Å²) in [5.41, 5.74) is 3.76. The molecule has 0 saturated carbocycles. The van der Waals surface area contributed by atoms with Crippen LogP contribution in [0.2, 0.25) is 0 Å². The minimum Gasteiger partial charge on any atom is -0.495 e. The molecule has 2 aromatic rings. The largest absolute Gasteiger partial charge is 0.495 e. The Balaban J connectivity index is 1.76. The minimum atomic E-state index is -3.73. The van der Waals surface area contributed by atoms with Gasteiger partial charge in [-0.05, 0) is 41.9 Å². The van der Waals surface area contributed by atoms with E-state index in [0.717, 1.165) is 18.7 Å². The highest BCUT2D eigenvalue weighted by atomic mass is 32.2. The fourth-order valence-corrected chi connectivity index (χ4v) is 3.80. The van der Waals surface area contributed by atoms with Crippen LogP contribution in [-0.2, 0) is 29.7 Å². The number of carbonyl (C=O) groups excluding carboxylic acids is 1. The van der Waals surface area contributed by atoms with E-state index in [0.29, 0.717) is 6.54 Å². The second-order valence-electron chi connectivity index (χ2n) is 5.96. The van der Waals surface area contributed by atoms with Crippen molar-refractivity contribution in [2.45, 2.75) is 24.5 Å². The third kappa shape index (κ3) is 3.72. The summed E-state index contributed by atoms with van der Waals surface area (Å²) in [6, 6.07) is 10.4.